The van der Waals surface area contributed by atoms with Gasteiger partial charge in [-0.25, -0.2) is 0 Å². The Hall–Kier alpha value is -4.50. The highest BCUT2D eigenvalue weighted by molar-refractivity contribution is 6.10. The van der Waals surface area contributed by atoms with Gasteiger partial charge >= 0.3 is 17.9 Å². The molecule has 0 N–H and O–H groups in total. The molecule has 0 aliphatic carbocycles. The fourth-order valence-electron chi connectivity index (χ4n) is 5.25. The number of esters is 3. The monoisotopic (exact) mass is 560 g/mol. The Kier molecular flexibility index (Phi) is 9.19. The van der Waals surface area contributed by atoms with Crippen molar-refractivity contribution in [3.63, 3.8) is 0 Å². The fraction of sp³-hybridized carbons (Fsp3) is 0.312. The number of Topliss-reactive ketones (excluding diaryl/α,β-unsaturated/α-hetero) is 1. The van der Waals surface area contributed by atoms with Gasteiger partial charge in [0.25, 0.3) is 0 Å². The van der Waals surface area contributed by atoms with E-state index in [1.54, 1.807) is 86.6 Å². The molecule has 0 bridgehead atoms. The SMILES string of the molecule is CCOC(=O)C1(C(=O)OCC)[C@H](C(=O)c2ccccc2)[C@@H](c2ccc(OC(C)=O)c(OC)c2)O[C@H]1c1ccccc1. The number of carbonyl (C=O) groups excluding carboxylic acids is 4. The molecule has 1 heterocycles. The third-order valence-corrected chi connectivity index (χ3v) is 6.93. The first-order chi connectivity index (χ1) is 19.8. The number of methoxy groups -OCH3 is 1. The van der Waals surface area contributed by atoms with Gasteiger partial charge in [0.1, 0.15) is 6.10 Å². The van der Waals surface area contributed by atoms with Crippen molar-refractivity contribution >= 4 is 23.7 Å². The number of rotatable bonds is 10. The molecule has 0 unspecified atom stereocenters. The average Bonchev–Trinajstić information content (AvgIpc) is 3.35. The molecular formula is C32H32O9. The van der Waals surface area contributed by atoms with E-state index >= 15 is 0 Å². The van der Waals surface area contributed by atoms with Crippen LogP contribution in [0.3, 0.4) is 0 Å². The molecule has 3 atom stereocenters. The van der Waals surface area contributed by atoms with E-state index in [0.717, 1.165) is 0 Å². The van der Waals surface area contributed by atoms with Crippen LogP contribution in [-0.4, -0.2) is 44.0 Å². The van der Waals surface area contributed by atoms with Crippen molar-refractivity contribution in [1.29, 1.82) is 0 Å². The summed E-state index contributed by atoms with van der Waals surface area (Å²) in [5.41, 5.74) is -0.998. The van der Waals surface area contributed by atoms with Crippen molar-refractivity contribution in [1.82, 2.24) is 0 Å². The summed E-state index contributed by atoms with van der Waals surface area (Å²) in [6.07, 6.45) is -2.36. The summed E-state index contributed by atoms with van der Waals surface area (Å²) in [5, 5.41) is 0. The van der Waals surface area contributed by atoms with Crippen LogP contribution in [0, 0.1) is 11.3 Å². The standard InChI is InChI=1S/C32H32O9/c1-5-38-30(35)32(31(36)39-6-2)26(27(34)21-13-9-7-10-14-21)28(41-29(32)22-15-11-8-12-16-22)23-17-18-24(40-20(3)33)25(19-23)37-4/h7-19,26,28-29H,5-6H2,1-4H3/t26-,28-,29+/m1/s1. The number of hydrogen-bond donors (Lipinski definition) is 0. The van der Waals surface area contributed by atoms with E-state index in [4.69, 9.17) is 23.7 Å². The van der Waals surface area contributed by atoms with Crippen LogP contribution in [-0.2, 0) is 28.6 Å². The molecule has 9 nitrogen and oxygen atoms in total. The van der Waals surface area contributed by atoms with E-state index in [9.17, 15) is 19.2 Å². The molecule has 0 radical (unpaired) electrons. The smallest absolute Gasteiger partial charge is 0.327 e. The van der Waals surface area contributed by atoms with Crippen LogP contribution >= 0.6 is 0 Å². The van der Waals surface area contributed by atoms with E-state index in [-0.39, 0.29) is 30.3 Å². The van der Waals surface area contributed by atoms with E-state index in [2.05, 4.69) is 0 Å². The van der Waals surface area contributed by atoms with Crippen molar-refractivity contribution in [2.75, 3.05) is 20.3 Å². The average molecular weight is 561 g/mol. The number of benzene rings is 3. The molecule has 214 valence electrons. The van der Waals surface area contributed by atoms with Crippen LogP contribution in [0.15, 0.2) is 78.9 Å². The van der Waals surface area contributed by atoms with Gasteiger partial charge in [-0.15, -0.1) is 0 Å². The van der Waals surface area contributed by atoms with Crippen LogP contribution < -0.4 is 9.47 Å². The topological polar surface area (TPSA) is 114 Å². The third kappa shape index (κ3) is 5.58. The Morgan fingerprint density at radius 3 is 1.90 bits per heavy atom. The van der Waals surface area contributed by atoms with Gasteiger partial charge in [-0.1, -0.05) is 66.7 Å². The van der Waals surface area contributed by atoms with Crippen LogP contribution in [0.5, 0.6) is 11.5 Å². The van der Waals surface area contributed by atoms with Gasteiger partial charge in [0.2, 0.25) is 5.41 Å². The van der Waals surface area contributed by atoms with Gasteiger partial charge < -0.3 is 23.7 Å². The summed E-state index contributed by atoms with van der Waals surface area (Å²) in [4.78, 5) is 54.1. The van der Waals surface area contributed by atoms with Crippen LogP contribution in [0.4, 0.5) is 0 Å². The highest BCUT2D eigenvalue weighted by Gasteiger charge is 2.70. The maximum Gasteiger partial charge on any atom is 0.327 e. The van der Waals surface area contributed by atoms with Crippen LogP contribution in [0.1, 0.15) is 54.5 Å². The predicted molar refractivity (Wildman–Crippen MR) is 147 cm³/mol. The van der Waals surface area contributed by atoms with Gasteiger partial charge in [-0.05, 0) is 37.1 Å². The minimum Gasteiger partial charge on any atom is -0.493 e. The number of carbonyl (C=O) groups is 4. The van der Waals surface area contributed by atoms with Crippen LogP contribution in [0.25, 0.3) is 0 Å². The molecule has 0 saturated carbocycles. The maximum atomic E-state index is 14.4. The molecule has 41 heavy (non-hydrogen) atoms. The van der Waals surface area contributed by atoms with Crippen molar-refractivity contribution in [2.45, 2.75) is 33.0 Å². The highest BCUT2D eigenvalue weighted by Crippen LogP contribution is 2.60. The van der Waals surface area contributed by atoms with Gasteiger partial charge in [0.05, 0.1) is 32.3 Å². The molecule has 0 aromatic heterocycles. The zero-order chi connectivity index (χ0) is 29.6. The first-order valence-corrected chi connectivity index (χ1v) is 13.3. The van der Waals surface area contributed by atoms with E-state index in [1.165, 1.54) is 20.1 Å². The Morgan fingerprint density at radius 1 is 0.780 bits per heavy atom. The van der Waals surface area contributed by atoms with E-state index in [1.807, 2.05) is 0 Å². The lowest BCUT2D eigenvalue weighted by atomic mass is 9.66. The second kappa shape index (κ2) is 12.8. The number of ether oxygens (including phenoxy) is 5. The van der Waals surface area contributed by atoms with E-state index in [0.29, 0.717) is 11.1 Å². The molecule has 1 fully saturated rings. The fourth-order valence-corrected chi connectivity index (χ4v) is 5.25. The quantitative estimate of drug-likeness (QED) is 0.145. The molecule has 1 saturated heterocycles. The lowest BCUT2D eigenvalue weighted by Gasteiger charge is -2.33. The van der Waals surface area contributed by atoms with Crippen molar-refractivity contribution in [3.8, 4) is 11.5 Å². The highest BCUT2D eigenvalue weighted by atomic mass is 16.6. The molecule has 9 heteroatoms. The molecule has 0 spiro atoms. The molecule has 1 aliphatic rings. The summed E-state index contributed by atoms with van der Waals surface area (Å²) in [5.74, 6) is -3.92. The van der Waals surface area contributed by atoms with Gasteiger partial charge in [0.15, 0.2) is 17.3 Å². The maximum absolute atomic E-state index is 14.4. The largest absolute Gasteiger partial charge is 0.493 e. The normalized spacial score (nSPS) is 19.2. The van der Waals surface area contributed by atoms with Gasteiger partial charge in [0, 0.05) is 12.5 Å². The summed E-state index contributed by atoms with van der Waals surface area (Å²) in [7, 11) is 1.41. The van der Waals surface area contributed by atoms with Crippen molar-refractivity contribution in [2.24, 2.45) is 11.3 Å². The predicted octanol–water partition coefficient (Wildman–Crippen LogP) is 5.04. The lowest BCUT2D eigenvalue weighted by molar-refractivity contribution is -0.178. The van der Waals surface area contributed by atoms with Gasteiger partial charge in [-0.2, -0.15) is 0 Å². The summed E-state index contributed by atoms with van der Waals surface area (Å²) >= 11 is 0. The summed E-state index contributed by atoms with van der Waals surface area (Å²) in [6.45, 7) is 4.43. The molecular weight excluding hydrogens is 528 g/mol. The zero-order valence-corrected chi connectivity index (χ0v) is 23.3. The molecule has 4 rings (SSSR count). The van der Waals surface area contributed by atoms with Gasteiger partial charge in [-0.3, -0.25) is 19.2 Å². The Labute approximate surface area is 238 Å². The first-order valence-electron chi connectivity index (χ1n) is 13.3. The number of hydrogen-bond acceptors (Lipinski definition) is 9. The Bertz CT molecular complexity index is 1380. The Balaban J connectivity index is 2.02. The van der Waals surface area contributed by atoms with Crippen molar-refractivity contribution < 1.29 is 42.9 Å². The molecule has 3 aromatic rings. The first kappa shape index (κ1) is 29.5. The van der Waals surface area contributed by atoms with Crippen molar-refractivity contribution in [3.05, 3.63) is 95.6 Å². The van der Waals surface area contributed by atoms with E-state index < -0.39 is 47.2 Å². The molecule has 1 aliphatic heterocycles. The second-order valence-corrected chi connectivity index (χ2v) is 9.37. The van der Waals surface area contributed by atoms with Crippen LogP contribution in [0.2, 0.25) is 0 Å². The minimum atomic E-state index is -2.19. The second-order valence-electron chi connectivity index (χ2n) is 9.37. The lowest BCUT2D eigenvalue weighted by Crippen LogP contribution is -2.51. The number of ketones is 1. The summed E-state index contributed by atoms with van der Waals surface area (Å²) < 4.78 is 28.3. The minimum absolute atomic E-state index is 0.0384. The molecule has 0 amide bonds. The third-order valence-electron chi connectivity index (χ3n) is 6.93. The molecule has 3 aromatic carbocycles. The summed E-state index contributed by atoms with van der Waals surface area (Å²) in [6, 6.07) is 21.8. The Morgan fingerprint density at radius 2 is 1.37 bits per heavy atom. The zero-order valence-electron chi connectivity index (χ0n) is 23.3.